The maximum absolute atomic E-state index is 10.2. The van der Waals surface area contributed by atoms with E-state index in [9.17, 15) is 5.11 Å². The molecule has 0 spiro atoms. The molecule has 82 valence electrons. The van der Waals surface area contributed by atoms with Gasteiger partial charge in [-0.05, 0) is 43.5 Å². The summed E-state index contributed by atoms with van der Waals surface area (Å²) in [4.78, 5) is 0. The third-order valence-corrected chi connectivity index (χ3v) is 3.33. The molecule has 15 heavy (non-hydrogen) atoms. The first kappa shape index (κ1) is 10.7. The SMILES string of the molecule is Cc1ccc(CC2(O)CCNC2)cc1C. The molecule has 1 atom stereocenters. The summed E-state index contributed by atoms with van der Waals surface area (Å²) < 4.78 is 0. The topological polar surface area (TPSA) is 32.3 Å². The number of β-amino-alcohol motifs (C(OH)–C–C–N with tert-alkyl or cyclic N) is 1. The highest BCUT2D eigenvalue weighted by atomic mass is 16.3. The van der Waals surface area contributed by atoms with E-state index in [0.717, 1.165) is 25.9 Å². The number of benzene rings is 1. The van der Waals surface area contributed by atoms with Crippen molar-refractivity contribution >= 4 is 0 Å². The van der Waals surface area contributed by atoms with Gasteiger partial charge in [0.2, 0.25) is 0 Å². The van der Waals surface area contributed by atoms with Gasteiger partial charge in [-0.2, -0.15) is 0 Å². The molecule has 0 bridgehead atoms. The van der Waals surface area contributed by atoms with E-state index in [1.807, 2.05) is 0 Å². The summed E-state index contributed by atoms with van der Waals surface area (Å²) in [5.74, 6) is 0. The maximum Gasteiger partial charge on any atom is 0.0823 e. The summed E-state index contributed by atoms with van der Waals surface area (Å²) >= 11 is 0. The van der Waals surface area contributed by atoms with Gasteiger partial charge in [0.05, 0.1) is 5.60 Å². The smallest absolute Gasteiger partial charge is 0.0823 e. The van der Waals surface area contributed by atoms with Gasteiger partial charge < -0.3 is 10.4 Å². The first-order valence-corrected chi connectivity index (χ1v) is 5.58. The minimum Gasteiger partial charge on any atom is -0.388 e. The minimum atomic E-state index is -0.526. The Hall–Kier alpha value is -0.860. The Kier molecular flexibility index (Phi) is 2.81. The lowest BCUT2D eigenvalue weighted by molar-refractivity contribution is 0.0619. The lowest BCUT2D eigenvalue weighted by Crippen LogP contribution is -2.33. The van der Waals surface area contributed by atoms with Gasteiger partial charge in [0, 0.05) is 13.0 Å². The summed E-state index contributed by atoms with van der Waals surface area (Å²) in [6, 6.07) is 6.45. The molecule has 1 aliphatic rings. The van der Waals surface area contributed by atoms with Crippen LogP contribution in [0.3, 0.4) is 0 Å². The molecule has 2 nitrogen and oxygen atoms in total. The Labute approximate surface area is 91.3 Å². The largest absolute Gasteiger partial charge is 0.388 e. The highest BCUT2D eigenvalue weighted by Gasteiger charge is 2.30. The van der Waals surface area contributed by atoms with Crippen molar-refractivity contribution in [1.82, 2.24) is 5.32 Å². The summed E-state index contributed by atoms with van der Waals surface area (Å²) in [5, 5.41) is 13.5. The van der Waals surface area contributed by atoms with Gasteiger partial charge in [-0.15, -0.1) is 0 Å². The van der Waals surface area contributed by atoms with Gasteiger partial charge in [0.1, 0.15) is 0 Å². The molecule has 0 radical (unpaired) electrons. The zero-order chi connectivity index (χ0) is 10.9. The van der Waals surface area contributed by atoms with Gasteiger partial charge in [-0.1, -0.05) is 18.2 Å². The van der Waals surface area contributed by atoms with Crippen molar-refractivity contribution in [3.05, 3.63) is 34.9 Å². The van der Waals surface area contributed by atoms with E-state index >= 15 is 0 Å². The predicted molar refractivity (Wildman–Crippen MR) is 62.1 cm³/mol. The molecule has 1 saturated heterocycles. The average molecular weight is 205 g/mol. The lowest BCUT2D eigenvalue weighted by Gasteiger charge is -2.21. The van der Waals surface area contributed by atoms with Crippen molar-refractivity contribution < 1.29 is 5.11 Å². The minimum absolute atomic E-state index is 0.526. The monoisotopic (exact) mass is 205 g/mol. The lowest BCUT2D eigenvalue weighted by atomic mass is 9.92. The Balaban J connectivity index is 2.13. The van der Waals surface area contributed by atoms with Crippen LogP contribution in [-0.4, -0.2) is 23.8 Å². The van der Waals surface area contributed by atoms with Crippen molar-refractivity contribution in [3.63, 3.8) is 0 Å². The zero-order valence-electron chi connectivity index (χ0n) is 9.51. The molecule has 0 aromatic heterocycles. The van der Waals surface area contributed by atoms with E-state index in [1.54, 1.807) is 0 Å². The summed E-state index contributed by atoms with van der Waals surface area (Å²) in [6.45, 7) is 5.89. The Morgan fingerprint density at radius 1 is 1.33 bits per heavy atom. The normalized spacial score (nSPS) is 25.8. The summed E-state index contributed by atoms with van der Waals surface area (Å²) in [6.07, 6.45) is 1.63. The third kappa shape index (κ3) is 2.39. The highest BCUT2D eigenvalue weighted by Crippen LogP contribution is 2.21. The van der Waals surface area contributed by atoms with Crippen LogP contribution in [-0.2, 0) is 6.42 Å². The number of nitrogens with one attached hydrogen (secondary N) is 1. The van der Waals surface area contributed by atoms with Gasteiger partial charge in [0.15, 0.2) is 0 Å². The Morgan fingerprint density at radius 2 is 2.13 bits per heavy atom. The van der Waals surface area contributed by atoms with E-state index in [4.69, 9.17) is 0 Å². The molecule has 1 heterocycles. The van der Waals surface area contributed by atoms with Crippen LogP contribution in [0.15, 0.2) is 18.2 Å². The van der Waals surface area contributed by atoms with Crippen LogP contribution in [0.4, 0.5) is 0 Å². The summed E-state index contributed by atoms with van der Waals surface area (Å²) in [5.41, 5.74) is 3.34. The van der Waals surface area contributed by atoms with Crippen LogP contribution in [0.5, 0.6) is 0 Å². The van der Waals surface area contributed by atoms with Gasteiger partial charge in [-0.3, -0.25) is 0 Å². The van der Waals surface area contributed by atoms with E-state index in [-0.39, 0.29) is 0 Å². The number of aliphatic hydroxyl groups is 1. The van der Waals surface area contributed by atoms with Gasteiger partial charge >= 0.3 is 0 Å². The number of hydrogen-bond acceptors (Lipinski definition) is 2. The molecule has 0 saturated carbocycles. The molecule has 1 fully saturated rings. The highest BCUT2D eigenvalue weighted by molar-refractivity contribution is 5.30. The molecular weight excluding hydrogens is 186 g/mol. The first-order valence-electron chi connectivity index (χ1n) is 5.58. The molecule has 1 aromatic carbocycles. The van der Waals surface area contributed by atoms with E-state index in [0.29, 0.717) is 0 Å². The molecule has 2 N–H and O–H groups in total. The maximum atomic E-state index is 10.2. The molecule has 1 aromatic rings. The molecule has 1 aliphatic heterocycles. The van der Waals surface area contributed by atoms with Gasteiger partial charge in [0.25, 0.3) is 0 Å². The second kappa shape index (κ2) is 3.95. The molecule has 1 unspecified atom stereocenters. The fourth-order valence-electron chi connectivity index (χ4n) is 2.17. The Bertz CT molecular complexity index is 354. The zero-order valence-corrected chi connectivity index (χ0v) is 9.51. The van der Waals surface area contributed by atoms with Crippen molar-refractivity contribution in [2.24, 2.45) is 0 Å². The summed E-state index contributed by atoms with van der Waals surface area (Å²) in [7, 11) is 0. The quantitative estimate of drug-likeness (QED) is 0.768. The van der Waals surface area contributed by atoms with Crippen LogP contribution < -0.4 is 5.32 Å². The van der Waals surface area contributed by atoms with Crippen LogP contribution in [0.2, 0.25) is 0 Å². The van der Waals surface area contributed by atoms with Crippen LogP contribution in [0.25, 0.3) is 0 Å². The molecule has 2 heteroatoms. The second-order valence-corrected chi connectivity index (χ2v) is 4.75. The molecule has 0 aliphatic carbocycles. The van der Waals surface area contributed by atoms with E-state index < -0.39 is 5.60 Å². The van der Waals surface area contributed by atoms with Crippen molar-refractivity contribution in [3.8, 4) is 0 Å². The number of aryl methyl sites for hydroxylation is 2. The molecule has 0 amide bonds. The van der Waals surface area contributed by atoms with Crippen LogP contribution in [0.1, 0.15) is 23.1 Å². The van der Waals surface area contributed by atoms with Crippen molar-refractivity contribution in [1.29, 1.82) is 0 Å². The molecular formula is C13H19NO. The molecule has 2 rings (SSSR count). The third-order valence-electron chi connectivity index (χ3n) is 3.33. The standard InChI is InChI=1S/C13H19NO/c1-10-3-4-12(7-11(10)2)8-13(15)5-6-14-9-13/h3-4,7,14-15H,5-6,8-9H2,1-2H3. The van der Waals surface area contributed by atoms with Gasteiger partial charge in [-0.25, -0.2) is 0 Å². The predicted octanol–water partition coefficient (Wildman–Crippen LogP) is 1.57. The number of hydrogen-bond donors (Lipinski definition) is 2. The van der Waals surface area contributed by atoms with Crippen LogP contribution >= 0.6 is 0 Å². The fourth-order valence-corrected chi connectivity index (χ4v) is 2.17. The fraction of sp³-hybridized carbons (Fsp3) is 0.538. The second-order valence-electron chi connectivity index (χ2n) is 4.75. The van der Waals surface area contributed by atoms with Crippen LogP contribution in [0, 0.1) is 13.8 Å². The average Bonchev–Trinajstić information content (AvgIpc) is 2.59. The van der Waals surface area contributed by atoms with Crippen molar-refractivity contribution in [2.45, 2.75) is 32.3 Å². The van der Waals surface area contributed by atoms with Crippen molar-refractivity contribution in [2.75, 3.05) is 13.1 Å². The number of rotatable bonds is 2. The first-order chi connectivity index (χ1) is 7.09. The Morgan fingerprint density at radius 3 is 2.73 bits per heavy atom. The van der Waals surface area contributed by atoms with E-state index in [1.165, 1.54) is 16.7 Å². The van der Waals surface area contributed by atoms with E-state index in [2.05, 4.69) is 37.4 Å².